The molecule has 1 aromatic rings. The lowest BCUT2D eigenvalue weighted by Crippen LogP contribution is -2.35. The molecule has 1 fully saturated rings. The van der Waals surface area contributed by atoms with Crippen LogP contribution in [0.5, 0.6) is 0 Å². The van der Waals surface area contributed by atoms with Crippen LogP contribution in [0.4, 0.5) is 0 Å². The first-order valence-corrected chi connectivity index (χ1v) is 9.55. The van der Waals surface area contributed by atoms with E-state index in [0.29, 0.717) is 12.0 Å². The van der Waals surface area contributed by atoms with E-state index in [4.69, 9.17) is 5.11 Å². The molecule has 1 aliphatic heterocycles. The van der Waals surface area contributed by atoms with Crippen molar-refractivity contribution in [1.29, 1.82) is 0 Å². The predicted octanol–water partition coefficient (Wildman–Crippen LogP) is -0.504. The third-order valence-corrected chi connectivity index (χ3v) is 6.34. The normalized spacial score (nSPS) is 20.7. The molecule has 0 amide bonds. The summed E-state index contributed by atoms with van der Waals surface area (Å²) in [6.45, 7) is -0.266. The quantitative estimate of drug-likeness (QED) is 0.728. The van der Waals surface area contributed by atoms with Gasteiger partial charge in [-0.05, 0) is 30.7 Å². The number of hydrogen-bond donors (Lipinski definition) is 2. The maximum absolute atomic E-state index is 12.1. The lowest BCUT2D eigenvalue weighted by Gasteiger charge is -2.11. The largest absolute Gasteiger partial charge is 0.384 e. The van der Waals surface area contributed by atoms with Gasteiger partial charge in [0.25, 0.3) is 0 Å². The maximum atomic E-state index is 12.1. The molecule has 21 heavy (non-hydrogen) atoms. The van der Waals surface area contributed by atoms with Gasteiger partial charge in [-0.25, -0.2) is 21.6 Å². The molecule has 1 saturated heterocycles. The van der Waals surface area contributed by atoms with E-state index in [-0.39, 0.29) is 23.0 Å². The first-order valence-electron chi connectivity index (χ1n) is 6.25. The molecule has 0 aromatic heterocycles. The van der Waals surface area contributed by atoms with Crippen LogP contribution in [0.3, 0.4) is 0 Å². The van der Waals surface area contributed by atoms with Crippen molar-refractivity contribution < 1.29 is 21.9 Å². The zero-order valence-corrected chi connectivity index (χ0v) is 12.7. The van der Waals surface area contributed by atoms with E-state index >= 15 is 0 Å². The van der Waals surface area contributed by atoms with Crippen molar-refractivity contribution in [2.75, 3.05) is 18.1 Å². The fourth-order valence-corrected chi connectivity index (χ4v) is 5.08. The zero-order valence-electron chi connectivity index (χ0n) is 11.1. The Morgan fingerprint density at radius 2 is 1.95 bits per heavy atom. The molecule has 0 radical (unpaired) electrons. The minimum absolute atomic E-state index is 0.00980. The summed E-state index contributed by atoms with van der Waals surface area (Å²) < 4.78 is 49.4. The molecule has 1 atom stereocenters. The molecule has 1 heterocycles. The minimum atomic E-state index is -3.74. The number of rotatable bonds is 3. The van der Waals surface area contributed by atoms with Crippen LogP contribution in [0.15, 0.2) is 29.2 Å². The summed E-state index contributed by atoms with van der Waals surface area (Å²) in [5.74, 6) is 4.98. The lowest BCUT2D eigenvalue weighted by molar-refractivity contribution is 0.350. The highest BCUT2D eigenvalue weighted by Gasteiger charge is 2.31. The van der Waals surface area contributed by atoms with E-state index < -0.39 is 25.9 Å². The summed E-state index contributed by atoms with van der Waals surface area (Å²) >= 11 is 0. The Morgan fingerprint density at radius 3 is 2.48 bits per heavy atom. The van der Waals surface area contributed by atoms with Gasteiger partial charge < -0.3 is 5.11 Å². The van der Waals surface area contributed by atoms with Crippen LogP contribution >= 0.6 is 0 Å². The Kier molecular flexibility index (Phi) is 4.68. The van der Waals surface area contributed by atoms with Crippen molar-refractivity contribution in [1.82, 2.24) is 4.72 Å². The zero-order chi connectivity index (χ0) is 15.5. The second-order valence-corrected chi connectivity index (χ2v) is 8.65. The Labute approximate surface area is 124 Å². The van der Waals surface area contributed by atoms with Crippen molar-refractivity contribution in [3.63, 3.8) is 0 Å². The monoisotopic (exact) mass is 329 g/mol. The van der Waals surface area contributed by atoms with Crippen molar-refractivity contribution in [2.24, 2.45) is 0 Å². The summed E-state index contributed by atoms with van der Waals surface area (Å²) in [5, 5.41) is 8.58. The first kappa shape index (κ1) is 16.0. The smallest absolute Gasteiger partial charge is 0.240 e. The van der Waals surface area contributed by atoms with Gasteiger partial charge in [0.15, 0.2) is 9.84 Å². The molecule has 1 unspecified atom stereocenters. The van der Waals surface area contributed by atoms with E-state index in [9.17, 15) is 16.8 Å². The van der Waals surface area contributed by atoms with Gasteiger partial charge in [-0.15, -0.1) is 0 Å². The van der Waals surface area contributed by atoms with Crippen LogP contribution in [0, 0.1) is 11.8 Å². The maximum Gasteiger partial charge on any atom is 0.240 e. The second-order valence-electron chi connectivity index (χ2n) is 4.71. The molecule has 6 nitrogen and oxygen atoms in total. The topological polar surface area (TPSA) is 101 Å². The second kappa shape index (κ2) is 6.15. The van der Waals surface area contributed by atoms with Crippen molar-refractivity contribution in [3.8, 4) is 11.8 Å². The third kappa shape index (κ3) is 4.28. The fraction of sp³-hybridized carbons (Fsp3) is 0.385. The van der Waals surface area contributed by atoms with Crippen LogP contribution in [-0.4, -0.2) is 46.1 Å². The summed E-state index contributed by atoms with van der Waals surface area (Å²) in [6.07, 6.45) is 0.293. The molecule has 0 bridgehead atoms. The van der Waals surface area contributed by atoms with E-state index in [2.05, 4.69) is 16.6 Å². The first-order chi connectivity index (χ1) is 9.82. The lowest BCUT2D eigenvalue weighted by atomic mass is 10.2. The van der Waals surface area contributed by atoms with Gasteiger partial charge >= 0.3 is 0 Å². The van der Waals surface area contributed by atoms with Gasteiger partial charge in [0.2, 0.25) is 10.0 Å². The minimum Gasteiger partial charge on any atom is -0.384 e. The van der Waals surface area contributed by atoms with Gasteiger partial charge in [-0.1, -0.05) is 11.8 Å². The summed E-state index contributed by atoms with van der Waals surface area (Å²) in [5.41, 5.74) is 0.589. The Balaban J connectivity index is 2.13. The van der Waals surface area contributed by atoms with Gasteiger partial charge in [0.1, 0.15) is 6.61 Å². The average Bonchev–Trinajstić information content (AvgIpc) is 2.75. The SMILES string of the molecule is O=S1(=O)CCC(NS(=O)(=O)c2ccc(C#CCO)cc2)C1. The summed E-state index contributed by atoms with van der Waals surface area (Å²) in [4.78, 5) is 0.0568. The molecule has 8 heteroatoms. The van der Waals surface area contributed by atoms with E-state index in [0.717, 1.165) is 0 Å². The predicted molar refractivity (Wildman–Crippen MR) is 77.8 cm³/mol. The van der Waals surface area contributed by atoms with Gasteiger partial charge in [-0.3, -0.25) is 0 Å². The molecular weight excluding hydrogens is 314 g/mol. The van der Waals surface area contributed by atoms with Crippen LogP contribution in [0.1, 0.15) is 12.0 Å². The number of hydrogen-bond acceptors (Lipinski definition) is 5. The molecule has 2 N–H and O–H groups in total. The third-order valence-electron chi connectivity index (χ3n) is 3.03. The highest BCUT2D eigenvalue weighted by atomic mass is 32.2. The molecule has 1 aromatic carbocycles. The summed E-state index contributed by atoms with van der Waals surface area (Å²) in [7, 11) is -6.88. The highest BCUT2D eigenvalue weighted by Crippen LogP contribution is 2.16. The molecule has 1 aliphatic rings. The van der Waals surface area contributed by atoms with E-state index in [1.807, 2.05) is 0 Å². The molecule has 0 aliphatic carbocycles. The number of aliphatic hydroxyl groups excluding tert-OH is 1. The molecule has 0 spiro atoms. The Morgan fingerprint density at radius 1 is 1.29 bits per heavy atom. The number of aliphatic hydroxyl groups is 1. The molecule has 0 saturated carbocycles. The van der Waals surface area contributed by atoms with Crippen LogP contribution in [0.25, 0.3) is 0 Å². The number of benzene rings is 1. The number of sulfone groups is 1. The van der Waals surface area contributed by atoms with Crippen molar-refractivity contribution >= 4 is 19.9 Å². The van der Waals surface area contributed by atoms with Crippen LogP contribution in [0.2, 0.25) is 0 Å². The summed E-state index contributed by atoms with van der Waals surface area (Å²) in [6, 6.07) is 5.28. The van der Waals surface area contributed by atoms with Crippen molar-refractivity contribution in [3.05, 3.63) is 29.8 Å². The molecule has 2 rings (SSSR count). The van der Waals surface area contributed by atoms with Gasteiger partial charge in [0.05, 0.1) is 16.4 Å². The van der Waals surface area contributed by atoms with Gasteiger partial charge in [-0.2, -0.15) is 0 Å². The highest BCUT2D eigenvalue weighted by molar-refractivity contribution is 7.92. The molecule has 114 valence electrons. The van der Waals surface area contributed by atoms with E-state index in [1.54, 1.807) is 0 Å². The van der Waals surface area contributed by atoms with Crippen LogP contribution in [-0.2, 0) is 19.9 Å². The van der Waals surface area contributed by atoms with Crippen LogP contribution < -0.4 is 4.72 Å². The number of sulfonamides is 1. The standard InChI is InChI=1S/C13H15NO5S2/c15-8-1-2-11-3-5-13(6-4-11)21(18,19)14-12-7-9-20(16,17)10-12/h3-6,12,14-15H,7-10H2. The average molecular weight is 329 g/mol. The van der Waals surface area contributed by atoms with Crippen molar-refractivity contribution in [2.45, 2.75) is 17.4 Å². The molecular formula is C13H15NO5S2. The fourth-order valence-electron chi connectivity index (χ4n) is 2.03. The van der Waals surface area contributed by atoms with E-state index in [1.165, 1.54) is 24.3 Å². The Bertz CT molecular complexity index is 770. The Hall–Kier alpha value is -1.40. The van der Waals surface area contributed by atoms with Gasteiger partial charge in [0, 0.05) is 11.6 Å². The number of nitrogens with one attached hydrogen (secondary N) is 1.